The van der Waals surface area contributed by atoms with Gasteiger partial charge in [-0.3, -0.25) is 0 Å². The van der Waals surface area contributed by atoms with Gasteiger partial charge in [-0.25, -0.2) is 0 Å². The maximum absolute atomic E-state index is 6.02. The third-order valence-corrected chi connectivity index (χ3v) is 2.81. The standard InChI is InChI=1S/C13H11N/c14-12-8-7-10-4-1-3-9-5-2-6-11(12)13(9)10/h1-8,12H,14H2/t12-/m1/s1. The van der Waals surface area contributed by atoms with Crippen LogP contribution in [0.5, 0.6) is 0 Å². The zero-order valence-corrected chi connectivity index (χ0v) is 7.77. The van der Waals surface area contributed by atoms with E-state index in [1.807, 2.05) is 0 Å². The van der Waals surface area contributed by atoms with Crippen molar-refractivity contribution in [3.05, 3.63) is 53.6 Å². The molecule has 3 rings (SSSR count). The predicted molar refractivity (Wildman–Crippen MR) is 59.9 cm³/mol. The molecule has 0 saturated carbocycles. The Hall–Kier alpha value is -1.60. The van der Waals surface area contributed by atoms with Gasteiger partial charge in [-0.2, -0.15) is 0 Å². The highest BCUT2D eigenvalue weighted by atomic mass is 14.6. The molecule has 0 amide bonds. The molecule has 14 heavy (non-hydrogen) atoms. The lowest BCUT2D eigenvalue weighted by molar-refractivity contribution is 0.922. The van der Waals surface area contributed by atoms with Crippen molar-refractivity contribution in [2.45, 2.75) is 6.04 Å². The van der Waals surface area contributed by atoms with E-state index in [4.69, 9.17) is 5.73 Å². The lowest BCUT2D eigenvalue weighted by Gasteiger charge is -2.17. The van der Waals surface area contributed by atoms with Gasteiger partial charge in [0, 0.05) is 6.04 Å². The summed E-state index contributed by atoms with van der Waals surface area (Å²) >= 11 is 0. The summed E-state index contributed by atoms with van der Waals surface area (Å²) in [6, 6.07) is 12.7. The van der Waals surface area contributed by atoms with Crippen molar-refractivity contribution < 1.29 is 0 Å². The summed E-state index contributed by atoms with van der Waals surface area (Å²) < 4.78 is 0. The average Bonchev–Trinajstić information content (AvgIpc) is 2.24. The summed E-state index contributed by atoms with van der Waals surface area (Å²) in [7, 11) is 0. The molecule has 0 aliphatic heterocycles. The van der Waals surface area contributed by atoms with Crippen LogP contribution in [0.1, 0.15) is 17.2 Å². The third kappa shape index (κ3) is 0.932. The maximum atomic E-state index is 6.02. The molecule has 0 spiro atoms. The van der Waals surface area contributed by atoms with Crippen LogP contribution in [0, 0.1) is 0 Å². The first kappa shape index (κ1) is 7.77. The van der Waals surface area contributed by atoms with Crippen molar-refractivity contribution in [1.29, 1.82) is 0 Å². The van der Waals surface area contributed by atoms with Gasteiger partial charge in [0.1, 0.15) is 0 Å². The molecular weight excluding hydrogens is 170 g/mol. The second-order valence-electron chi connectivity index (χ2n) is 3.68. The predicted octanol–water partition coefficient (Wildman–Crippen LogP) is 2.87. The molecule has 0 saturated heterocycles. The van der Waals surface area contributed by atoms with Gasteiger partial charge in [0.05, 0.1) is 0 Å². The van der Waals surface area contributed by atoms with Gasteiger partial charge in [-0.15, -0.1) is 0 Å². The Morgan fingerprint density at radius 3 is 2.64 bits per heavy atom. The van der Waals surface area contributed by atoms with E-state index in [-0.39, 0.29) is 6.04 Å². The van der Waals surface area contributed by atoms with Crippen molar-refractivity contribution >= 4 is 16.8 Å². The van der Waals surface area contributed by atoms with Crippen LogP contribution < -0.4 is 5.73 Å². The molecular formula is C13H11N. The number of hydrogen-bond donors (Lipinski definition) is 1. The summed E-state index contributed by atoms with van der Waals surface area (Å²) in [6.45, 7) is 0. The van der Waals surface area contributed by atoms with Crippen LogP contribution in [-0.2, 0) is 0 Å². The molecule has 2 aromatic rings. The Bertz CT molecular complexity index is 520. The van der Waals surface area contributed by atoms with E-state index < -0.39 is 0 Å². The molecule has 1 aliphatic rings. The third-order valence-electron chi connectivity index (χ3n) is 2.81. The molecule has 1 heteroatoms. The first-order valence-corrected chi connectivity index (χ1v) is 4.82. The van der Waals surface area contributed by atoms with Crippen LogP contribution in [-0.4, -0.2) is 0 Å². The van der Waals surface area contributed by atoms with Crippen LogP contribution in [0.2, 0.25) is 0 Å². The highest BCUT2D eigenvalue weighted by Crippen LogP contribution is 2.31. The minimum atomic E-state index is 0.0496. The SMILES string of the molecule is N[C@@H]1C=Cc2cccc3cccc1c23. The average molecular weight is 181 g/mol. The quantitative estimate of drug-likeness (QED) is 0.664. The Labute approximate surface area is 82.9 Å². The van der Waals surface area contributed by atoms with Crippen molar-refractivity contribution in [3.63, 3.8) is 0 Å². The molecule has 68 valence electrons. The molecule has 1 aliphatic carbocycles. The number of nitrogens with two attached hydrogens (primary N) is 1. The van der Waals surface area contributed by atoms with Gasteiger partial charge >= 0.3 is 0 Å². The van der Waals surface area contributed by atoms with Crippen molar-refractivity contribution in [1.82, 2.24) is 0 Å². The minimum absolute atomic E-state index is 0.0496. The van der Waals surface area contributed by atoms with E-state index >= 15 is 0 Å². The fraction of sp³-hybridized carbons (Fsp3) is 0.0769. The molecule has 2 N–H and O–H groups in total. The van der Waals surface area contributed by atoms with Gasteiger partial charge in [0.15, 0.2) is 0 Å². The first-order chi connectivity index (χ1) is 6.86. The van der Waals surface area contributed by atoms with Crippen LogP contribution in [0.4, 0.5) is 0 Å². The van der Waals surface area contributed by atoms with Crippen LogP contribution in [0.15, 0.2) is 42.5 Å². The normalized spacial score (nSPS) is 18.8. The summed E-state index contributed by atoms with van der Waals surface area (Å²) in [5, 5.41) is 2.59. The lowest BCUT2D eigenvalue weighted by Crippen LogP contribution is -2.10. The highest BCUT2D eigenvalue weighted by Gasteiger charge is 2.12. The maximum Gasteiger partial charge on any atom is 0.0490 e. The molecule has 1 atom stereocenters. The number of hydrogen-bond acceptors (Lipinski definition) is 1. The van der Waals surface area contributed by atoms with Gasteiger partial charge < -0.3 is 5.73 Å². The van der Waals surface area contributed by atoms with Gasteiger partial charge in [0.25, 0.3) is 0 Å². The molecule has 2 aromatic carbocycles. The smallest absolute Gasteiger partial charge is 0.0490 e. The number of benzene rings is 2. The van der Waals surface area contributed by atoms with Gasteiger partial charge in [-0.1, -0.05) is 48.6 Å². The molecule has 1 nitrogen and oxygen atoms in total. The Morgan fingerprint density at radius 1 is 1.00 bits per heavy atom. The van der Waals surface area contributed by atoms with Crippen LogP contribution >= 0.6 is 0 Å². The van der Waals surface area contributed by atoms with Gasteiger partial charge in [0.2, 0.25) is 0 Å². The molecule has 0 bridgehead atoms. The van der Waals surface area contributed by atoms with Crippen LogP contribution in [0.25, 0.3) is 16.8 Å². The van der Waals surface area contributed by atoms with E-state index in [1.165, 1.54) is 21.9 Å². The van der Waals surface area contributed by atoms with Crippen molar-refractivity contribution in [2.75, 3.05) is 0 Å². The van der Waals surface area contributed by atoms with E-state index in [1.54, 1.807) is 0 Å². The van der Waals surface area contributed by atoms with Crippen LogP contribution in [0.3, 0.4) is 0 Å². The zero-order chi connectivity index (χ0) is 9.54. The minimum Gasteiger partial charge on any atom is -0.321 e. The summed E-state index contributed by atoms with van der Waals surface area (Å²) in [5.74, 6) is 0. The van der Waals surface area contributed by atoms with E-state index in [0.717, 1.165) is 0 Å². The fourth-order valence-electron chi connectivity index (χ4n) is 2.13. The first-order valence-electron chi connectivity index (χ1n) is 4.82. The van der Waals surface area contributed by atoms with Crippen molar-refractivity contribution in [2.24, 2.45) is 5.73 Å². The van der Waals surface area contributed by atoms with Crippen molar-refractivity contribution in [3.8, 4) is 0 Å². The molecule has 0 unspecified atom stereocenters. The van der Waals surface area contributed by atoms with Gasteiger partial charge in [-0.05, 0) is 21.9 Å². The second kappa shape index (κ2) is 2.69. The largest absolute Gasteiger partial charge is 0.321 e. The summed E-state index contributed by atoms with van der Waals surface area (Å²) in [6.07, 6.45) is 4.16. The van der Waals surface area contributed by atoms with E-state index in [2.05, 4.69) is 48.6 Å². The molecule has 0 heterocycles. The summed E-state index contributed by atoms with van der Waals surface area (Å²) in [5.41, 5.74) is 8.53. The number of rotatable bonds is 0. The lowest BCUT2D eigenvalue weighted by atomic mass is 9.91. The molecule has 0 fully saturated rings. The Morgan fingerprint density at radius 2 is 1.79 bits per heavy atom. The van der Waals surface area contributed by atoms with E-state index in [9.17, 15) is 0 Å². The monoisotopic (exact) mass is 181 g/mol. The molecule has 0 aromatic heterocycles. The molecule has 0 radical (unpaired) electrons. The summed E-state index contributed by atoms with van der Waals surface area (Å²) in [4.78, 5) is 0. The highest BCUT2D eigenvalue weighted by molar-refractivity contribution is 5.95. The Kier molecular flexibility index (Phi) is 1.49. The van der Waals surface area contributed by atoms with E-state index in [0.29, 0.717) is 0 Å². The topological polar surface area (TPSA) is 26.0 Å². The zero-order valence-electron chi connectivity index (χ0n) is 7.77. The fourth-order valence-corrected chi connectivity index (χ4v) is 2.13. The Balaban J connectivity index is 2.52. The second-order valence-corrected chi connectivity index (χ2v) is 3.68.